The summed E-state index contributed by atoms with van der Waals surface area (Å²) in [4.78, 5) is 14.0. The first-order chi connectivity index (χ1) is 4.74. The summed E-state index contributed by atoms with van der Waals surface area (Å²) in [6.45, 7) is 0. The van der Waals surface area contributed by atoms with E-state index < -0.39 is 5.97 Å². The largest absolute Gasteiger partial charge is 0.476 e. The molecule has 10 heavy (non-hydrogen) atoms. The number of rotatable bonds is 2. The maximum atomic E-state index is 10.3. The number of thiazole rings is 1. The number of aromatic nitrogens is 1. The molecule has 0 aliphatic rings. The number of carboxylic acid groups (broad SMARTS) is 1. The highest BCUT2D eigenvalue weighted by Gasteiger charge is 2.06. The van der Waals surface area contributed by atoms with Crippen molar-refractivity contribution in [2.24, 2.45) is 0 Å². The topological polar surface area (TPSA) is 62.2 Å². The van der Waals surface area contributed by atoms with Crippen molar-refractivity contribution in [3.63, 3.8) is 0 Å². The second-order valence-corrected chi connectivity index (χ2v) is 2.45. The molecule has 0 fully saturated rings. The molecule has 1 aromatic rings. The first kappa shape index (κ1) is 7.01. The third-order valence-electron chi connectivity index (χ3n) is 0.943. The van der Waals surface area contributed by atoms with Gasteiger partial charge in [-0.15, -0.1) is 11.3 Å². The van der Waals surface area contributed by atoms with Gasteiger partial charge in [0.2, 0.25) is 5.01 Å². The lowest BCUT2D eigenvalue weighted by Crippen LogP contribution is -1.95. The average molecular weight is 158 g/mol. The fourth-order valence-electron chi connectivity index (χ4n) is 0.487. The number of hydrogen-bond acceptors (Lipinski definition) is 4. The molecule has 0 aromatic carbocycles. The summed E-state index contributed by atoms with van der Waals surface area (Å²) in [5, 5.41) is 12.9. The maximum absolute atomic E-state index is 10.3. The van der Waals surface area contributed by atoms with Crippen molar-refractivity contribution in [2.75, 3.05) is 12.4 Å². The van der Waals surface area contributed by atoms with Gasteiger partial charge in [0.1, 0.15) is 5.82 Å². The van der Waals surface area contributed by atoms with Crippen molar-refractivity contribution in [3.8, 4) is 0 Å². The lowest BCUT2D eigenvalue weighted by Gasteiger charge is -1.86. The van der Waals surface area contributed by atoms with Crippen LogP contribution >= 0.6 is 11.3 Å². The van der Waals surface area contributed by atoms with Gasteiger partial charge >= 0.3 is 5.97 Å². The minimum absolute atomic E-state index is 0.115. The Morgan fingerprint density at radius 3 is 2.90 bits per heavy atom. The van der Waals surface area contributed by atoms with Gasteiger partial charge in [-0.05, 0) is 0 Å². The van der Waals surface area contributed by atoms with E-state index in [1.165, 1.54) is 0 Å². The Bertz CT molecular complexity index is 246. The predicted molar refractivity (Wildman–Crippen MR) is 38.6 cm³/mol. The molecule has 1 rings (SSSR count). The Balaban J connectivity index is 2.88. The number of nitrogens with zero attached hydrogens (tertiary/aromatic N) is 1. The maximum Gasteiger partial charge on any atom is 0.365 e. The van der Waals surface area contributed by atoms with Crippen LogP contribution in [0.5, 0.6) is 0 Å². The molecule has 2 N–H and O–H groups in total. The van der Waals surface area contributed by atoms with E-state index in [0.717, 1.165) is 11.3 Å². The molecule has 0 saturated heterocycles. The molecule has 0 atom stereocenters. The van der Waals surface area contributed by atoms with Gasteiger partial charge < -0.3 is 10.4 Å². The fourth-order valence-corrected chi connectivity index (χ4v) is 1.13. The molecule has 0 saturated carbocycles. The summed E-state index contributed by atoms with van der Waals surface area (Å²) in [7, 11) is 1.70. The molecule has 0 aliphatic heterocycles. The third-order valence-corrected chi connectivity index (χ3v) is 1.77. The summed E-state index contributed by atoms with van der Waals surface area (Å²) in [5.41, 5.74) is 0. The van der Waals surface area contributed by atoms with E-state index in [9.17, 15) is 4.79 Å². The van der Waals surface area contributed by atoms with Crippen molar-refractivity contribution in [3.05, 3.63) is 10.4 Å². The van der Waals surface area contributed by atoms with Crippen molar-refractivity contribution >= 4 is 23.1 Å². The van der Waals surface area contributed by atoms with Crippen molar-refractivity contribution in [2.45, 2.75) is 0 Å². The van der Waals surface area contributed by atoms with Gasteiger partial charge in [-0.1, -0.05) is 0 Å². The van der Waals surface area contributed by atoms with Crippen LogP contribution in [0.1, 0.15) is 9.80 Å². The first-order valence-electron chi connectivity index (χ1n) is 2.60. The van der Waals surface area contributed by atoms with Crippen LogP contribution in [0, 0.1) is 0 Å². The number of carboxylic acids is 1. The summed E-state index contributed by atoms with van der Waals surface area (Å²) >= 11 is 1.11. The van der Waals surface area contributed by atoms with Gasteiger partial charge in [0.25, 0.3) is 0 Å². The lowest BCUT2D eigenvalue weighted by atomic mass is 10.7. The quantitative estimate of drug-likeness (QED) is 0.670. The fraction of sp³-hybridized carbons (Fsp3) is 0.200. The molecule has 0 amide bonds. The van der Waals surface area contributed by atoms with Gasteiger partial charge in [-0.2, -0.15) is 0 Å². The molecule has 0 bridgehead atoms. The van der Waals surface area contributed by atoms with Crippen LogP contribution < -0.4 is 5.32 Å². The van der Waals surface area contributed by atoms with Crippen LogP contribution in [0.15, 0.2) is 5.38 Å². The number of hydrogen-bond donors (Lipinski definition) is 2. The summed E-state index contributed by atoms with van der Waals surface area (Å²) in [5.74, 6) is -0.381. The van der Waals surface area contributed by atoms with Gasteiger partial charge in [0, 0.05) is 12.4 Å². The SMILES string of the molecule is CNc1csc(C(=O)O)n1. The van der Waals surface area contributed by atoms with Crippen LogP contribution in [0.3, 0.4) is 0 Å². The molecule has 4 nitrogen and oxygen atoms in total. The van der Waals surface area contributed by atoms with Crippen molar-refractivity contribution in [1.29, 1.82) is 0 Å². The zero-order valence-corrected chi connectivity index (χ0v) is 6.10. The van der Waals surface area contributed by atoms with Crippen LogP contribution in [0.25, 0.3) is 0 Å². The van der Waals surface area contributed by atoms with E-state index in [0.29, 0.717) is 5.82 Å². The third kappa shape index (κ3) is 1.24. The minimum atomic E-state index is -0.980. The molecule has 1 heterocycles. The molecule has 0 spiro atoms. The highest BCUT2D eigenvalue weighted by atomic mass is 32.1. The Kier molecular flexibility index (Phi) is 1.86. The van der Waals surface area contributed by atoms with Crippen LogP contribution in [-0.4, -0.2) is 23.1 Å². The van der Waals surface area contributed by atoms with Gasteiger partial charge in [0.05, 0.1) is 0 Å². The van der Waals surface area contributed by atoms with Crippen molar-refractivity contribution in [1.82, 2.24) is 4.98 Å². The normalized spacial score (nSPS) is 9.30. The number of anilines is 1. The van der Waals surface area contributed by atoms with E-state index in [1.54, 1.807) is 12.4 Å². The van der Waals surface area contributed by atoms with E-state index in [-0.39, 0.29) is 5.01 Å². The Labute approximate surface area is 61.5 Å². The number of carbonyl (C=O) groups is 1. The van der Waals surface area contributed by atoms with Crippen LogP contribution in [0.2, 0.25) is 0 Å². The molecular formula is C5H6N2O2S. The standard InChI is InChI=1S/C5H6N2O2S/c1-6-3-2-10-4(7-3)5(8)9/h2,6H,1H3,(H,8,9). The van der Waals surface area contributed by atoms with Crippen molar-refractivity contribution < 1.29 is 9.90 Å². The summed E-state index contributed by atoms with van der Waals surface area (Å²) in [6.07, 6.45) is 0. The van der Waals surface area contributed by atoms with E-state index in [2.05, 4.69) is 10.3 Å². The van der Waals surface area contributed by atoms with Crippen LogP contribution in [-0.2, 0) is 0 Å². The highest BCUT2D eigenvalue weighted by molar-refractivity contribution is 7.11. The Hall–Kier alpha value is -1.10. The first-order valence-corrected chi connectivity index (χ1v) is 3.48. The summed E-state index contributed by atoms with van der Waals surface area (Å²) < 4.78 is 0. The zero-order chi connectivity index (χ0) is 7.56. The average Bonchev–Trinajstić information content (AvgIpc) is 2.34. The van der Waals surface area contributed by atoms with Gasteiger partial charge in [-0.25, -0.2) is 9.78 Å². The van der Waals surface area contributed by atoms with E-state index in [4.69, 9.17) is 5.11 Å². The van der Waals surface area contributed by atoms with Gasteiger partial charge in [0.15, 0.2) is 0 Å². The zero-order valence-electron chi connectivity index (χ0n) is 5.29. The highest BCUT2D eigenvalue weighted by Crippen LogP contribution is 2.12. The Morgan fingerprint density at radius 1 is 1.90 bits per heavy atom. The molecule has 0 aliphatic carbocycles. The molecule has 0 radical (unpaired) electrons. The van der Waals surface area contributed by atoms with Gasteiger partial charge in [-0.3, -0.25) is 0 Å². The molecule has 54 valence electrons. The van der Waals surface area contributed by atoms with E-state index >= 15 is 0 Å². The summed E-state index contributed by atoms with van der Waals surface area (Å²) in [6, 6.07) is 0. The molecular weight excluding hydrogens is 152 g/mol. The number of aromatic carboxylic acids is 1. The Morgan fingerprint density at radius 2 is 2.60 bits per heavy atom. The molecule has 1 aromatic heterocycles. The predicted octanol–water partition coefficient (Wildman–Crippen LogP) is 0.883. The van der Waals surface area contributed by atoms with E-state index in [1.807, 2.05) is 0 Å². The molecule has 0 unspecified atom stereocenters. The number of nitrogens with one attached hydrogen (secondary N) is 1. The lowest BCUT2D eigenvalue weighted by molar-refractivity contribution is 0.0696. The van der Waals surface area contributed by atoms with Crippen LogP contribution in [0.4, 0.5) is 5.82 Å². The minimum Gasteiger partial charge on any atom is -0.476 e. The smallest absolute Gasteiger partial charge is 0.365 e. The molecule has 5 heteroatoms. The second-order valence-electron chi connectivity index (χ2n) is 1.59. The monoisotopic (exact) mass is 158 g/mol. The second kappa shape index (κ2) is 2.66.